The first-order valence-electron chi connectivity index (χ1n) is 10.2. The minimum atomic E-state index is -0.668. The number of aryl methyl sites for hydroxylation is 1. The molecule has 31 heavy (non-hydrogen) atoms. The number of aromatic nitrogens is 2. The second kappa shape index (κ2) is 9.26. The van der Waals surface area contributed by atoms with Crippen molar-refractivity contribution in [1.82, 2.24) is 10.2 Å². The van der Waals surface area contributed by atoms with Crippen LogP contribution in [0.5, 0.6) is 5.75 Å². The summed E-state index contributed by atoms with van der Waals surface area (Å²) in [4.78, 5) is 12.8. The van der Waals surface area contributed by atoms with Crippen LogP contribution in [-0.2, 0) is 4.79 Å². The van der Waals surface area contributed by atoms with Crippen molar-refractivity contribution in [3.63, 3.8) is 0 Å². The largest absolute Gasteiger partial charge is 0.480 e. The minimum Gasteiger partial charge on any atom is -0.480 e. The van der Waals surface area contributed by atoms with E-state index in [0.717, 1.165) is 16.8 Å². The third-order valence-electron chi connectivity index (χ3n) is 4.81. The molecule has 6 heteroatoms. The van der Waals surface area contributed by atoms with E-state index in [4.69, 9.17) is 9.15 Å². The molecule has 1 atom stereocenters. The number of hydrogen-bond acceptors (Lipinski definition) is 5. The van der Waals surface area contributed by atoms with E-state index in [-0.39, 0.29) is 5.91 Å². The molecule has 1 heterocycles. The molecule has 0 aliphatic carbocycles. The molecule has 0 fully saturated rings. The zero-order valence-electron chi connectivity index (χ0n) is 17.4. The highest BCUT2D eigenvalue weighted by Gasteiger charge is 2.22. The highest BCUT2D eigenvalue weighted by molar-refractivity contribution is 5.94. The Morgan fingerprint density at radius 2 is 1.61 bits per heavy atom. The summed E-state index contributed by atoms with van der Waals surface area (Å²) in [6, 6.07) is 24.5. The topological polar surface area (TPSA) is 77.2 Å². The van der Waals surface area contributed by atoms with Gasteiger partial charge in [0.2, 0.25) is 5.89 Å². The Kier molecular flexibility index (Phi) is 6.08. The second-order valence-electron chi connectivity index (χ2n) is 7.14. The Morgan fingerprint density at radius 3 is 2.35 bits per heavy atom. The first kappa shape index (κ1) is 20.3. The van der Waals surface area contributed by atoms with Crippen LogP contribution in [0.4, 0.5) is 5.69 Å². The quantitative estimate of drug-likeness (QED) is 0.432. The fraction of sp³-hybridized carbons (Fsp3) is 0.160. The van der Waals surface area contributed by atoms with Gasteiger partial charge in [-0.2, -0.15) is 0 Å². The average Bonchev–Trinajstić information content (AvgIpc) is 3.30. The van der Waals surface area contributed by atoms with Crippen LogP contribution >= 0.6 is 0 Å². The summed E-state index contributed by atoms with van der Waals surface area (Å²) >= 11 is 0. The Morgan fingerprint density at radius 1 is 0.935 bits per heavy atom. The number of anilines is 1. The number of benzene rings is 3. The number of hydrogen-bond donors (Lipinski definition) is 1. The third-order valence-corrected chi connectivity index (χ3v) is 4.81. The number of nitrogens with zero attached hydrogens (tertiary/aromatic N) is 2. The van der Waals surface area contributed by atoms with Crippen LogP contribution in [0.3, 0.4) is 0 Å². The zero-order valence-corrected chi connectivity index (χ0v) is 17.4. The SMILES string of the molecule is CCC(Oc1ccccc1-c1nnc(-c2ccccc2)o1)C(=O)Nc1ccc(C)cc1. The summed E-state index contributed by atoms with van der Waals surface area (Å²) in [7, 11) is 0. The van der Waals surface area contributed by atoms with Gasteiger partial charge in [-0.05, 0) is 49.7 Å². The number of carbonyl (C=O) groups is 1. The molecule has 1 aromatic heterocycles. The minimum absolute atomic E-state index is 0.211. The third kappa shape index (κ3) is 4.80. The molecule has 4 aromatic rings. The van der Waals surface area contributed by atoms with Crippen LogP contribution in [-0.4, -0.2) is 22.2 Å². The van der Waals surface area contributed by atoms with Gasteiger partial charge in [-0.25, -0.2) is 0 Å². The lowest BCUT2D eigenvalue weighted by Gasteiger charge is -2.18. The Labute approximate surface area is 180 Å². The molecule has 1 N–H and O–H groups in total. The van der Waals surface area contributed by atoms with E-state index in [0.29, 0.717) is 29.5 Å². The first-order valence-corrected chi connectivity index (χ1v) is 10.2. The van der Waals surface area contributed by atoms with Gasteiger partial charge in [0, 0.05) is 11.3 Å². The zero-order chi connectivity index (χ0) is 21.6. The Bertz CT molecular complexity index is 1150. The molecule has 0 radical (unpaired) electrons. The van der Waals surface area contributed by atoms with E-state index in [1.807, 2.05) is 86.6 Å². The predicted octanol–water partition coefficient (Wildman–Crippen LogP) is 5.51. The summed E-state index contributed by atoms with van der Waals surface area (Å²) < 4.78 is 12.0. The van der Waals surface area contributed by atoms with Gasteiger partial charge < -0.3 is 14.5 Å². The summed E-state index contributed by atoms with van der Waals surface area (Å²) in [5.41, 5.74) is 3.34. The normalized spacial score (nSPS) is 11.7. The molecular weight excluding hydrogens is 390 g/mol. The molecule has 0 bridgehead atoms. The first-order chi connectivity index (χ1) is 15.1. The van der Waals surface area contributed by atoms with E-state index in [2.05, 4.69) is 15.5 Å². The van der Waals surface area contributed by atoms with Gasteiger partial charge in [-0.15, -0.1) is 10.2 Å². The molecule has 0 spiro atoms. The number of carbonyl (C=O) groups excluding carboxylic acids is 1. The molecule has 1 unspecified atom stereocenters. The smallest absolute Gasteiger partial charge is 0.265 e. The number of para-hydroxylation sites is 1. The Balaban J connectivity index is 1.54. The van der Waals surface area contributed by atoms with Gasteiger partial charge in [-0.3, -0.25) is 4.79 Å². The molecule has 1 amide bonds. The van der Waals surface area contributed by atoms with Crippen molar-refractivity contribution in [2.24, 2.45) is 0 Å². The van der Waals surface area contributed by atoms with Crippen molar-refractivity contribution in [1.29, 1.82) is 0 Å². The maximum Gasteiger partial charge on any atom is 0.265 e. The van der Waals surface area contributed by atoms with E-state index in [1.165, 1.54) is 0 Å². The number of amides is 1. The van der Waals surface area contributed by atoms with Crippen molar-refractivity contribution in [2.75, 3.05) is 5.32 Å². The van der Waals surface area contributed by atoms with Crippen molar-refractivity contribution in [3.8, 4) is 28.7 Å². The molecule has 3 aromatic carbocycles. The average molecular weight is 413 g/mol. The van der Waals surface area contributed by atoms with Gasteiger partial charge in [0.15, 0.2) is 6.10 Å². The lowest BCUT2D eigenvalue weighted by atomic mass is 10.2. The molecule has 4 rings (SSSR count). The number of nitrogens with one attached hydrogen (secondary N) is 1. The van der Waals surface area contributed by atoms with Gasteiger partial charge in [-0.1, -0.05) is 55.0 Å². The summed E-state index contributed by atoms with van der Waals surface area (Å²) in [6.07, 6.45) is -0.163. The van der Waals surface area contributed by atoms with E-state index in [1.54, 1.807) is 6.07 Å². The molecule has 0 aliphatic rings. The highest BCUT2D eigenvalue weighted by Crippen LogP contribution is 2.32. The molecule has 0 saturated carbocycles. The van der Waals surface area contributed by atoms with Crippen LogP contribution in [0.1, 0.15) is 18.9 Å². The number of rotatable bonds is 7. The van der Waals surface area contributed by atoms with Crippen molar-refractivity contribution < 1.29 is 13.9 Å². The van der Waals surface area contributed by atoms with Gasteiger partial charge in [0.25, 0.3) is 11.8 Å². The van der Waals surface area contributed by atoms with Crippen LogP contribution in [0.25, 0.3) is 22.9 Å². The molecular formula is C25H23N3O3. The van der Waals surface area contributed by atoms with Gasteiger partial charge in [0.1, 0.15) is 5.75 Å². The lowest BCUT2D eigenvalue weighted by molar-refractivity contribution is -0.122. The van der Waals surface area contributed by atoms with Crippen molar-refractivity contribution >= 4 is 11.6 Å². The number of ether oxygens (including phenoxy) is 1. The summed E-state index contributed by atoms with van der Waals surface area (Å²) in [5.74, 6) is 1.06. The monoisotopic (exact) mass is 413 g/mol. The molecule has 156 valence electrons. The van der Waals surface area contributed by atoms with Gasteiger partial charge >= 0.3 is 0 Å². The van der Waals surface area contributed by atoms with E-state index in [9.17, 15) is 4.79 Å². The maximum absolute atomic E-state index is 12.8. The van der Waals surface area contributed by atoms with Crippen LogP contribution in [0.2, 0.25) is 0 Å². The maximum atomic E-state index is 12.8. The predicted molar refractivity (Wildman–Crippen MR) is 120 cm³/mol. The molecule has 0 saturated heterocycles. The fourth-order valence-corrected chi connectivity index (χ4v) is 3.11. The van der Waals surface area contributed by atoms with Crippen LogP contribution in [0, 0.1) is 6.92 Å². The standard InChI is InChI=1S/C25H23N3O3/c1-3-21(23(29)26-19-15-13-17(2)14-16-19)30-22-12-8-7-11-20(22)25-28-27-24(31-25)18-9-5-4-6-10-18/h4-16,21H,3H2,1-2H3,(H,26,29). The summed E-state index contributed by atoms with van der Waals surface area (Å²) in [6.45, 7) is 3.91. The Hall–Kier alpha value is -3.93. The molecule has 6 nitrogen and oxygen atoms in total. The van der Waals surface area contributed by atoms with E-state index < -0.39 is 6.10 Å². The highest BCUT2D eigenvalue weighted by atomic mass is 16.5. The second-order valence-corrected chi connectivity index (χ2v) is 7.14. The van der Waals surface area contributed by atoms with Crippen LogP contribution < -0.4 is 10.1 Å². The molecule has 0 aliphatic heterocycles. The summed E-state index contributed by atoms with van der Waals surface area (Å²) in [5, 5.41) is 11.2. The van der Waals surface area contributed by atoms with Crippen molar-refractivity contribution in [2.45, 2.75) is 26.4 Å². The van der Waals surface area contributed by atoms with Gasteiger partial charge in [0.05, 0.1) is 5.56 Å². The lowest BCUT2D eigenvalue weighted by Crippen LogP contribution is -2.32. The van der Waals surface area contributed by atoms with E-state index >= 15 is 0 Å². The fourth-order valence-electron chi connectivity index (χ4n) is 3.11. The van der Waals surface area contributed by atoms with Crippen LogP contribution in [0.15, 0.2) is 83.3 Å². The van der Waals surface area contributed by atoms with Crippen molar-refractivity contribution in [3.05, 3.63) is 84.4 Å².